The molecule has 1 aliphatic heterocycles. The molecule has 118 valence electrons. The number of aliphatic hydroxyl groups is 1. The maximum absolute atomic E-state index is 12.2. The number of ether oxygens (including phenoxy) is 1. The fraction of sp³-hybridized carbons (Fsp3) is 0.538. The van der Waals surface area contributed by atoms with Gasteiger partial charge in [-0.1, -0.05) is 23.2 Å². The van der Waals surface area contributed by atoms with Gasteiger partial charge >= 0.3 is 0 Å². The molecular formula is C13H17Cl2NO4S. The molecule has 2 rings (SSSR count). The fourth-order valence-electron chi connectivity index (χ4n) is 2.20. The van der Waals surface area contributed by atoms with Crippen LogP contribution < -0.4 is 4.72 Å². The summed E-state index contributed by atoms with van der Waals surface area (Å²) < 4.78 is 32.4. The SMILES string of the molecule is O=S(=O)(NCCC1CCCO1)c1cc(CO)c(Cl)cc1Cl. The Hall–Kier alpha value is -0.370. The van der Waals surface area contributed by atoms with E-state index in [4.69, 9.17) is 33.0 Å². The van der Waals surface area contributed by atoms with Gasteiger partial charge in [-0.05, 0) is 37.0 Å². The van der Waals surface area contributed by atoms with Crippen molar-refractivity contribution in [2.24, 2.45) is 0 Å². The summed E-state index contributed by atoms with van der Waals surface area (Å²) in [6.45, 7) is 0.662. The molecule has 8 heteroatoms. The van der Waals surface area contributed by atoms with Crippen LogP contribution in [0.4, 0.5) is 0 Å². The predicted octanol–water partition coefficient (Wildman–Crippen LogP) is 2.33. The van der Waals surface area contributed by atoms with Crippen LogP contribution in [0.1, 0.15) is 24.8 Å². The van der Waals surface area contributed by atoms with E-state index in [0.29, 0.717) is 12.0 Å². The lowest BCUT2D eigenvalue weighted by molar-refractivity contribution is 0.105. The zero-order valence-electron chi connectivity index (χ0n) is 11.3. The van der Waals surface area contributed by atoms with Crippen LogP contribution in [-0.2, 0) is 21.4 Å². The summed E-state index contributed by atoms with van der Waals surface area (Å²) in [4.78, 5) is -0.0787. The van der Waals surface area contributed by atoms with E-state index < -0.39 is 10.0 Å². The molecule has 1 aromatic carbocycles. The molecule has 0 aliphatic carbocycles. The van der Waals surface area contributed by atoms with Crippen molar-refractivity contribution in [2.45, 2.75) is 36.9 Å². The molecule has 0 spiro atoms. The quantitative estimate of drug-likeness (QED) is 0.822. The Labute approximate surface area is 134 Å². The van der Waals surface area contributed by atoms with Crippen molar-refractivity contribution in [1.29, 1.82) is 0 Å². The monoisotopic (exact) mass is 353 g/mol. The fourth-order valence-corrected chi connectivity index (χ4v) is 4.11. The van der Waals surface area contributed by atoms with E-state index in [1.165, 1.54) is 12.1 Å². The smallest absolute Gasteiger partial charge is 0.242 e. The van der Waals surface area contributed by atoms with Gasteiger partial charge in [-0.25, -0.2) is 13.1 Å². The predicted molar refractivity (Wildman–Crippen MR) is 81.2 cm³/mol. The number of halogens is 2. The highest BCUT2D eigenvalue weighted by Gasteiger charge is 2.21. The lowest BCUT2D eigenvalue weighted by atomic mass is 10.2. The number of rotatable bonds is 6. The number of benzene rings is 1. The second kappa shape index (κ2) is 7.26. The number of sulfonamides is 1. The zero-order valence-corrected chi connectivity index (χ0v) is 13.6. The van der Waals surface area contributed by atoms with Crippen LogP contribution in [0.15, 0.2) is 17.0 Å². The summed E-state index contributed by atoms with van der Waals surface area (Å²) in [5.74, 6) is 0. The number of hydrogen-bond acceptors (Lipinski definition) is 4. The highest BCUT2D eigenvalue weighted by Crippen LogP contribution is 2.28. The standard InChI is InChI=1S/C13H17Cl2NO4S/c14-11-7-12(15)13(6-9(11)8-17)21(18,19)16-4-3-10-2-1-5-20-10/h6-7,10,16-17H,1-5,8H2. The van der Waals surface area contributed by atoms with Gasteiger partial charge < -0.3 is 9.84 Å². The number of nitrogens with one attached hydrogen (secondary N) is 1. The first-order valence-electron chi connectivity index (χ1n) is 6.64. The average molecular weight is 354 g/mol. The lowest BCUT2D eigenvalue weighted by Gasteiger charge is -2.12. The Morgan fingerprint density at radius 1 is 1.33 bits per heavy atom. The van der Waals surface area contributed by atoms with Gasteiger partial charge in [-0.3, -0.25) is 0 Å². The molecule has 0 saturated carbocycles. The third kappa shape index (κ3) is 4.31. The van der Waals surface area contributed by atoms with E-state index in [9.17, 15) is 8.42 Å². The Bertz CT molecular complexity index is 600. The summed E-state index contributed by atoms with van der Waals surface area (Å²) in [6, 6.07) is 2.61. The third-order valence-corrected chi connectivity index (χ3v) is 5.62. The largest absolute Gasteiger partial charge is 0.392 e. The minimum Gasteiger partial charge on any atom is -0.392 e. The first-order chi connectivity index (χ1) is 9.94. The first kappa shape index (κ1) is 17.0. The molecule has 5 nitrogen and oxygen atoms in total. The molecule has 1 aromatic rings. The van der Waals surface area contributed by atoms with Gasteiger partial charge in [0.2, 0.25) is 10.0 Å². The molecule has 0 aromatic heterocycles. The van der Waals surface area contributed by atoms with E-state index in [0.717, 1.165) is 19.4 Å². The van der Waals surface area contributed by atoms with Crippen LogP contribution in [0.3, 0.4) is 0 Å². The Morgan fingerprint density at radius 3 is 2.71 bits per heavy atom. The van der Waals surface area contributed by atoms with Gasteiger partial charge in [0, 0.05) is 18.2 Å². The molecule has 1 unspecified atom stereocenters. The molecule has 0 radical (unpaired) electrons. The Balaban J connectivity index is 2.07. The van der Waals surface area contributed by atoms with Gasteiger partial charge in [0.1, 0.15) is 4.90 Å². The van der Waals surface area contributed by atoms with Gasteiger partial charge in [0.25, 0.3) is 0 Å². The topological polar surface area (TPSA) is 75.6 Å². The second-order valence-corrected chi connectivity index (χ2v) is 7.40. The van der Waals surface area contributed by atoms with Gasteiger partial charge in [0.15, 0.2) is 0 Å². The Morgan fingerprint density at radius 2 is 2.10 bits per heavy atom. The summed E-state index contributed by atoms with van der Waals surface area (Å²) in [6.07, 6.45) is 2.71. The van der Waals surface area contributed by atoms with Crippen LogP contribution in [0.5, 0.6) is 0 Å². The van der Waals surface area contributed by atoms with E-state index in [1.807, 2.05) is 0 Å². The Kier molecular flexibility index (Phi) is 5.88. The van der Waals surface area contributed by atoms with Crippen molar-refractivity contribution >= 4 is 33.2 Å². The minimum atomic E-state index is -3.74. The molecule has 1 atom stereocenters. The highest BCUT2D eigenvalue weighted by molar-refractivity contribution is 7.89. The summed E-state index contributed by atoms with van der Waals surface area (Å²) >= 11 is 11.8. The molecule has 1 heterocycles. The van der Waals surface area contributed by atoms with Crippen LogP contribution >= 0.6 is 23.2 Å². The van der Waals surface area contributed by atoms with E-state index in [-0.39, 0.29) is 34.2 Å². The van der Waals surface area contributed by atoms with Gasteiger partial charge in [0.05, 0.1) is 17.7 Å². The average Bonchev–Trinajstić information content (AvgIpc) is 2.91. The minimum absolute atomic E-state index is 0.0295. The molecule has 0 amide bonds. The van der Waals surface area contributed by atoms with Crippen molar-refractivity contribution in [2.75, 3.05) is 13.2 Å². The molecular weight excluding hydrogens is 337 g/mol. The van der Waals surface area contributed by atoms with Crippen molar-refractivity contribution in [1.82, 2.24) is 4.72 Å². The molecule has 1 aliphatic rings. The first-order valence-corrected chi connectivity index (χ1v) is 8.88. The van der Waals surface area contributed by atoms with E-state index in [1.54, 1.807) is 0 Å². The van der Waals surface area contributed by atoms with E-state index >= 15 is 0 Å². The maximum atomic E-state index is 12.2. The number of hydrogen-bond donors (Lipinski definition) is 2. The maximum Gasteiger partial charge on any atom is 0.242 e. The van der Waals surface area contributed by atoms with Crippen molar-refractivity contribution in [3.63, 3.8) is 0 Å². The lowest BCUT2D eigenvalue weighted by Crippen LogP contribution is -2.27. The summed E-state index contributed by atoms with van der Waals surface area (Å²) in [5.41, 5.74) is 0.320. The molecule has 0 bridgehead atoms. The molecule has 1 fully saturated rings. The van der Waals surface area contributed by atoms with Crippen molar-refractivity contribution in [3.05, 3.63) is 27.7 Å². The molecule has 1 saturated heterocycles. The summed E-state index contributed by atoms with van der Waals surface area (Å²) in [7, 11) is -3.74. The van der Waals surface area contributed by atoms with Crippen LogP contribution in [0.25, 0.3) is 0 Å². The van der Waals surface area contributed by atoms with Crippen LogP contribution in [0.2, 0.25) is 10.0 Å². The third-order valence-electron chi connectivity index (χ3n) is 3.34. The van der Waals surface area contributed by atoms with Crippen LogP contribution in [-0.4, -0.2) is 32.8 Å². The normalized spacial score (nSPS) is 19.1. The van der Waals surface area contributed by atoms with Crippen LogP contribution in [0, 0.1) is 0 Å². The van der Waals surface area contributed by atoms with Gasteiger partial charge in [-0.2, -0.15) is 0 Å². The van der Waals surface area contributed by atoms with Gasteiger partial charge in [-0.15, -0.1) is 0 Å². The molecule has 2 N–H and O–H groups in total. The summed E-state index contributed by atoms with van der Waals surface area (Å²) in [5, 5.41) is 9.43. The van der Waals surface area contributed by atoms with Crippen molar-refractivity contribution in [3.8, 4) is 0 Å². The zero-order chi connectivity index (χ0) is 15.5. The number of aliphatic hydroxyl groups excluding tert-OH is 1. The second-order valence-electron chi connectivity index (χ2n) is 4.85. The van der Waals surface area contributed by atoms with Crippen molar-refractivity contribution < 1.29 is 18.3 Å². The highest BCUT2D eigenvalue weighted by atomic mass is 35.5. The van der Waals surface area contributed by atoms with E-state index in [2.05, 4.69) is 4.72 Å². The molecule has 21 heavy (non-hydrogen) atoms.